The van der Waals surface area contributed by atoms with E-state index in [0.29, 0.717) is 11.9 Å². The second-order valence-corrected chi connectivity index (χ2v) is 4.86. The fourth-order valence-electron chi connectivity index (χ4n) is 2.31. The molecule has 4 nitrogen and oxygen atoms in total. The summed E-state index contributed by atoms with van der Waals surface area (Å²) >= 11 is 3.37. The summed E-state index contributed by atoms with van der Waals surface area (Å²) in [5.41, 5.74) is 0. The first-order chi connectivity index (χ1) is 7.24. The standard InChI is InChI=1S/C10H17BrO4/c11-5-7-6-3-1-2-4-14-10(15-7)9(13)8(6)12/h6-10,12-13H,1-5H2/t6-,7?,8-,9?,10+/m0/s1. The van der Waals surface area contributed by atoms with Crippen LogP contribution in [0.3, 0.4) is 0 Å². The van der Waals surface area contributed by atoms with Crippen molar-refractivity contribution in [1.29, 1.82) is 0 Å². The lowest BCUT2D eigenvalue weighted by atomic mass is 9.86. The van der Waals surface area contributed by atoms with Gasteiger partial charge >= 0.3 is 0 Å². The maximum atomic E-state index is 9.97. The Kier molecular flexibility index (Phi) is 4.01. The third kappa shape index (κ3) is 2.36. The smallest absolute Gasteiger partial charge is 0.186 e. The largest absolute Gasteiger partial charge is 0.390 e. The van der Waals surface area contributed by atoms with E-state index in [1.165, 1.54) is 0 Å². The zero-order valence-electron chi connectivity index (χ0n) is 8.51. The number of rotatable bonds is 1. The highest BCUT2D eigenvalue weighted by atomic mass is 79.9. The minimum absolute atomic E-state index is 0.0114. The molecule has 3 rings (SSSR count). The van der Waals surface area contributed by atoms with Crippen LogP contribution >= 0.6 is 15.9 Å². The van der Waals surface area contributed by atoms with Gasteiger partial charge in [0.1, 0.15) is 6.10 Å². The molecule has 3 aliphatic heterocycles. The predicted molar refractivity (Wildman–Crippen MR) is 57.8 cm³/mol. The first kappa shape index (κ1) is 11.8. The molecule has 5 atom stereocenters. The van der Waals surface area contributed by atoms with Gasteiger partial charge in [0, 0.05) is 17.9 Å². The Bertz CT molecular complexity index is 210. The van der Waals surface area contributed by atoms with Crippen molar-refractivity contribution < 1.29 is 19.7 Å². The monoisotopic (exact) mass is 280 g/mol. The van der Waals surface area contributed by atoms with Crippen LogP contribution in [0.15, 0.2) is 0 Å². The molecule has 15 heavy (non-hydrogen) atoms. The number of aliphatic hydroxyl groups excluding tert-OH is 2. The van der Waals surface area contributed by atoms with Crippen molar-refractivity contribution in [2.24, 2.45) is 5.92 Å². The van der Waals surface area contributed by atoms with E-state index in [0.717, 1.165) is 19.3 Å². The van der Waals surface area contributed by atoms with Gasteiger partial charge in [-0.3, -0.25) is 0 Å². The van der Waals surface area contributed by atoms with E-state index in [9.17, 15) is 10.2 Å². The van der Waals surface area contributed by atoms with Crippen molar-refractivity contribution in [1.82, 2.24) is 0 Å². The van der Waals surface area contributed by atoms with E-state index in [1.54, 1.807) is 0 Å². The van der Waals surface area contributed by atoms with Crippen LogP contribution in [0.25, 0.3) is 0 Å². The van der Waals surface area contributed by atoms with Crippen molar-refractivity contribution in [3.8, 4) is 0 Å². The summed E-state index contributed by atoms with van der Waals surface area (Å²) in [4.78, 5) is 0. The van der Waals surface area contributed by atoms with Gasteiger partial charge in [0.25, 0.3) is 0 Å². The second kappa shape index (κ2) is 5.10. The van der Waals surface area contributed by atoms with Crippen LogP contribution < -0.4 is 0 Å². The lowest BCUT2D eigenvalue weighted by molar-refractivity contribution is -0.277. The maximum Gasteiger partial charge on any atom is 0.186 e. The average Bonchev–Trinajstić information content (AvgIpc) is 2.38. The zero-order valence-corrected chi connectivity index (χ0v) is 10.1. The topological polar surface area (TPSA) is 58.9 Å². The van der Waals surface area contributed by atoms with Crippen LogP contribution in [-0.4, -0.2) is 46.8 Å². The summed E-state index contributed by atoms with van der Waals surface area (Å²) in [6.07, 6.45) is 0.472. The molecule has 0 aliphatic carbocycles. The molecule has 0 aromatic carbocycles. The van der Waals surface area contributed by atoms with Gasteiger partial charge in [-0.2, -0.15) is 0 Å². The number of aliphatic hydroxyl groups is 2. The minimum atomic E-state index is -0.914. The third-order valence-corrected chi connectivity index (χ3v) is 3.86. The Balaban J connectivity index is 2.16. The Morgan fingerprint density at radius 3 is 2.73 bits per heavy atom. The van der Waals surface area contributed by atoms with E-state index < -0.39 is 18.5 Å². The molecule has 88 valence electrons. The summed E-state index contributed by atoms with van der Waals surface area (Å²) in [5.74, 6) is 0.0114. The molecular formula is C10H17BrO4. The molecule has 2 unspecified atom stereocenters. The fraction of sp³-hybridized carbons (Fsp3) is 1.00. The van der Waals surface area contributed by atoms with E-state index in [1.807, 2.05) is 0 Å². The van der Waals surface area contributed by atoms with Gasteiger partial charge in [0.15, 0.2) is 6.29 Å². The quantitative estimate of drug-likeness (QED) is 0.693. The summed E-state index contributed by atoms with van der Waals surface area (Å²) in [5, 5.41) is 20.4. The Hall–Kier alpha value is 0.320. The number of alkyl halides is 1. The molecule has 3 heterocycles. The molecule has 0 saturated carbocycles. The van der Waals surface area contributed by atoms with E-state index in [2.05, 4.69) is 15.9 Å². The van der Waals surface area contributed by atoms with Gasteiger partial charge < -0.3 is 19.7 Å². The minimum Gasteiger partial charge on any atom is -0.390 e. The van der Waals surface area contributed by atoms with Crippen LogP contribution in [0.1, 0.15) is 19.3 Å². The molecule has 0 amide bonds. The van der Waals surface area contributed by atoms with Crippen LogP contribution in [0.4, 0.5) is 0 Å². The number of halogens is 1. The Morgan fingerprint density at radius 1 is 1.20 bits per heavy atom. The maximum absolute atomic E-state index is 9.97. The van der Waals surface area contributed by atoms with Crippen molar-refractivity contribution in [3.63, 3.8) is 0 Å². The van der Waals surface area contributed by atoms with Crippen molar-refractivity contribution in [3.05, 3.63) is 0 Å². The summed E-state index contributed by atoms with van der Waals surface area (Å²) in [6, 6.07) is 0. The van der Waals surface area contributed by atoms with Crippen molar-refractivity contribution in [2.75, 3.05) is 11.9 Å². The molecular weight excluding hydrogens is 264 g/mol. The fourth-order valence-corrected chi connectivity index (χ4v) is 2.95. The van der Waals surface area contributed by atoms with Gasteiger partial charge in [-0.1, -0.05) is 22.4 Å². The summed E-state index contributed by atoms with van der Waals surface area (Å²) < 4.78 is 11.0. The highest BCUT2D eigenvalue weighted by Crippen LogP contribution is 2.32. The number of hydrogen-bond acceptors (Lipinski definition) is 4. The Morgan fingerprint density at radius 2 is 2.00 bits per heavy atom. The predicted octanol–water partition coefficient (Wildman–Crippen LogP) is 0.645. The highest BCUT2D eigenvalue weighted by molar-refractivity contribution is 9.09. The van der Waals surface area contributed by atoms with E-state index in [-0.39, 0.29) is 12.0 Å². The summed E-state index contributed by atoms with van der Waals surface area (Å²) in [6.45, 7) is 0.593. The van der Waals surface area contributed by atoms with Crippen molar-refractivity contribution >= 4 is 15.9 Å². The molecule has 2 bridgehead atoms. The second-order valence-electron chi connectivity index (χ2n) is 4.21. The molecule has 5 heteroatoms. The molecule has 0 radical (unpaired) electrons. The number of fused-ring (bicyclic) bond motifs is 6. The van der Waals surface area contributed by atoms with Crippen LogP contribution in [0.5, 0.6) is 0 Å². The van der Waals surface area contributed by atoms with Gasteiger partial charge in [0.2, 0.25) is 0 Å². The van der Waals surface area contributed by atoms with Crippen LogP contribution in [0.2, 0.25) is 0 Å². The van der Waals surface area contributed by atoms with Gasteiger partial charge in [0.05, 0.1) is 12.2 Å². The van der Waals surface area contributed by atoms with Crippen LogP contribution in [0, 0.1) is 5.92 Å². The van der Waals surface area contributed by atoms with Crippen LogP contribution in [-0.2, 0) is 9.47 Å². The molecule has 0 aromatic heterocycles. The average molecular weight is 281 g/mol. The number of ether oxygens (including phenoxy) is 2. The zero-order chi connectivity index (χ0) is 10.8. The van der Waals surface area contributed by atoms with E-state index in [4.69, 9.17) is 9.47 Å². The molecule has 2 N–H and O–H groups in total. The third-order valence-electron chi connectivity index (χ3n) is 3.22. The lowest BCUT2D eigenvalue weighted by Gasteiger charge is -2.41. The normalized spacial score (nSPS) is 47.0. The SMILES string of the molecule is OC1[C@@H]2OCCCC[C@@H](C(CBr)O2)[C@@H]1O. The van der Waals surface area contributed by atoms with Gasteiger partial charge in [-0.05, 0) is 12.8 Å². The van der Waals surface area contributed by atoms with Crippen molar-refractivity contribution in [2.45, 2.75) is 43.9 Å². The molecule has 0 aromatic rings. The highest BCUT2D eigenvalue weighted by Gasteiger charge is 2.44. The summed E-state index contributed by atoms with van der Waals surface area (Å²) in [7, 11) is 0. The Labute approximate surface area is 97.7 Å². The first-order valence-corrected chi connectivity index (χ1v) is 6.55. The molecule has 3 saturated heterocycles. The molecule has 3 aliphatic rings. The van der Waals surface area contributed by atoms with E-state index >= 15 is 0 Å². The molecule has 3 fully saturated rings. The van der Waals surface area contributed by atoms with Gasteiger partial charge in [-0.15, -0.1) is 0 Å². The van der Waals surface area contributed by atoms with Gasteiger partial charge in [-0.25, -0.2) is 0 Å². The lowest BCUT2D eigenvalue weighted by Crippen LogP contribution is -2.55. The number of hydrogen-bond donors (Lipinski definition) is 2. The molecule has 0 spiro atoms. The first-order valence-electron chi connectivity index (χ1n) is 5.43.